The Hall–Kier alpha value is -1.43. The third-order valence-corrected chi connectivity index (χ3v) is 5.58. The number of thioether (sulfide) groups is 2. The van der Waals surface area contributed by atoms with Crippen LogP contribution in [0, 0.1) is 17.2 Å². The molecule has 0 unspecified atom stereocenters. The quantitative estimate of drug-likeness (QED) is 0.443. The van der Waals surface area contributed by atoms with Crippen LogP contribution in [0.4, 0.5) is 0 Å². The average Bonchev–Trinajstić information content (AvgIpc) is 2.76. The highest BCUT2D eigenvalue weighted by atomic mass is 32.2. The Balaban J connectivity index is 2.22. The van der Waals surface area contributed by atoms with Crippen LogP contribution in [0.1, 0.15) is 6.92 Å². The highest BCUT2D eigenvalue weighted by Gasteiger charge is 2.57. The van der Waals surface area contributed by atoms with Crippen LogP contribution >= 0.6 is 23.5 Å². The third-order valence-electron chi connectivity index (χ3n) is 3.06. The van der Waals surface area contributed by atoms with Crippen molar-refractivity contribution in [2.45, 2.75) is 18.4 Å². The summed E-state index contributed by atoms with van der Waals surface area (Å²) in [5.41, 5.74) is 0.175. The number of fused-ring (bicyclic) bond motifs is 1. The van der Waals surface area contributed by atoms with Crippen LogP contribution in [0.2, 0.25) is 0 Å². The molecular weight excluding hydrogens is 312 g/mol. The molecule has 3 atom stereocenters. The van der Waals surface area contributed by atoms with Crippen molar-refractivity contribution in [3.63, 3.8) is 0 Å². The Morgan fingerprint density at radius 3 is 3.05 bits per heavy atom. The Morgan fingerprint density at radius 1 is 1.76 bits per heavy atom. The number of aliphatic hydroxyl groups is 1. The average molecular weight is 326 g/mol. The smallest absolute Gasteiger partial charge is 0.357 e. The van der Waals surface area contributed by atoms with Gasteiger partial charge in [-0.25, -0.2) is 4.79 Å². The van der Waals surface area contributed by atoms with E-state index >= 15 is 0 Å². The number of nitriles is 1. The molecule has 0 radical (unpaired) electrons. The van der Waals surface area contributed by atoms with E-state index in [0.29, 0.717) is 4.24 Å². The number of nitrogens with zero attached hydrogens (tertiary/aromatic N) is 2. The van der Waals surface area contributed by atoms with Crippen molar-refractivity contribution in [3.05, 3.63) is 22.6 Å². The summed E-state index contributed by atoms with van der Waals surface area (Å²) in [6.07, 6.45) is 0.661. The lowest BCUT2D eigenvalue weighted by Gasteiger charge is -2.43. The predicted octanol–water partition coefficient (Wildman–Crippen LogP) is 1.05. The Morgan fingerprint density at radius 2 is 2.48 bits per heavy atom. The van der Waals surface area contributed by atoms with Gasteiger partial charge >= 0.3 is 5.97 Å². The van der Waals surface area contributed by atoms with E-state index in [9.17, 15) is 14.7 Å². The van der Waals surface area contributed by atoms with Crippen LogP contribution in [-0.2, 0) is 14.3 Å². The zero-order valence-electron chi connectivity index (χ0n) is 11.3. The van der Waals surface area contributed by atoms with Gasteiger partial charge in [-0.15, -0.1) is 11.8 Å². The number of hydrogen-bond donors (Lipinski definition) is 1. The predicted molar refractivity (Wildman–Crippen MR) is 79.6 cm³/mol. The number of carbonyl (C=O) groups excluding carboxylic acids is 2. The Labute approximate surface area is 130 Å². The monoisotopic (exact) mass is 326 g/mol. The molecule has 2 rings (SSSR count). The molecule has 0 aliphatic carbocycles. The van der Waals surface area contributed by atoms with Gasteiger partial charge in [-0.05, 0) is 6.92 Å². The summed E-state index contributed by atoms with van der Waals surface area (Å²) in [6.45, 7) is 5.07. The second kappa shape index (κ2) is 6.56. The van der Waals surface area contributed by atoms with Gasteiger partial charge in [0.1, 0.15) is 12.0 Å². The summed E-state index contributed by atoms with van der Waals surface area (Å²) in [5.74, 6) is -1.25. The van der Waals surface area contributed by atoms with Gasteiger partial charge < -0.3 is 9.84 Å². The number of β-lactam (4-membered cyclic amide) rings is 1. The highest BCUT2D eigenvalue weighted by Crippen LogP contribution is 2.53. The number of amides is 1. The lowest BCUT2D eigenvalue weighted by atomic mass is 9.92. The van der Waals surface area contributed by atoms with E-state index in [2.05, 4.69) is 6.58 Å². The van der Waals surface area contributed by atoms with Crippen LogP contribution in [0.15, 0.2) is 22.6 Å². The van der Waals surface area contributed by atoms with Crippen molar-refractivity contribution in [1.82, 2.24) is 4.90 Å². The molecule has 1 amide bonds. The van der Waals surface area contributed by atoms with Crippen molar-refractivity contribution in [2.24, 2.45) is 5.92 Å². The van der Waals surface area contributed by atoms with Gasteiger partial charge in [0.15, 0.2) is 5.70 Å². The van der Waals surface area contributed by atoms with Gasteiger partial charge in [-0.3, -0.25) is 9.69 Å². The summed E-state index contributed by atoms with van der Waals surface area (Å²) in [4.78, 5) is 25.6. The molecule has 0 aromatic rings. The Kier molecular flexibility index (Phi) is 4.98. The standard InChI is InChI=1S/C13H14N2O4S2/c1-3-5-19-12(18)9-13(20-6-4-14)21-11-8(7(2)16)10(17)15(9)11/h3,7-8,11,16H,1,5-6H2,2H3/t7-,8+,11-/m1/s1. The molecule has 0 aromatic heterocycles. The first-order chi connectivity index (χ1) is 10.0. The van der Waals surface area contributed by atoms with Crippen molar-refractivity contribution < 1.29 is 19.4 Å². The molecular formula is C13H14N2O4S2. The topological polar surface area (TPSA) is 90.6 Å². The number of carbonyl (C=O) groups is 2. The molecule has 1 fully saturated rings. The second-order valence-corrected chi connectivity index (χ2v) is 6.82. The van der Waals surface area contributed by atoms with Crippen LogP contribution in [0.5, 0.6) is 0 Å². The first kappa shape index (κ1) is 15.9. The van der Waals surface area contributed by atoms with E-state index in [4.69, 9.17) is 10.00 Å². The molecule has 0 bridgehead atoms. The van der Waals surface area contributed by atoms with Gasteiger partial charge in [0.25, 0.3) is 0 Å². The number of esters is 1. The van der Waals surface area contributed by atoms with Gasteiger partial charge in [0, 0.05) is 0 Å². The maximum atomic E-state index is 12.1. The summed E-state index contributed by atoms with van der Waals surface area (Å²) in [7, 11) is 0. The Bertz CT molecular complexity index is 553. The maximum absolute atomic E-state index is 12.1. The summed E-state index contributed by atoms with van der Waals surface area (Å²) < 4.78 is 5.59. The summed E-state index contributed by atoms with van der Waals surface area (Å²) in [6, 6.07) is 1.99. The molecule has 21 heavy (non-hydrogen) atoms. The molecule has 2 heterocycles. The lowest BCUT2D eigenvalue weighted by molar-refractivity contribution is -0.157. The van der Waals surface area contributed by atoms with Crippen LogP contribution in [0.25, 0.3) is 0 Å². The normalized spacial score (nSPS) is 25.0. The van der Waals surface area contributed by atoms with Crippen molar-refractivity contribution in [2.75, 3.05) is 12.4 Å². The van der Waals surface area contributed by atoms with Crippen molar-refractivity contribution in [1.29, 1.82) is 5.26 Å². The first-order valence-electron chi connectivity index (χ1n) is 6.22. The maximum Gasteiger partial charge on any atom is 0.357 e. The second-order valence-electron chi connectivity index (χ2n) is 4.45. The molecule has 8 heteroatoms. The highest BCUT2D eigenvalue weighted by molar-refractivity contribution is 8.22. The fourth-order valence-corrected chi connectivity index (χ4v) is 4.72. The number of hydrogen-bond acceptors (Lipinski definition) is 7. The van der Waals surface area contributed by atoms with E-state index in [1.165, 1.54) is 34.5 Å². The van der Waals surface area contributed by atoms with Gasteiger partial charge in [-0.2, -0.15) is 5.26 Å². The summed E-state index contributed by atoms with van der Waals surface area (Å²) >= 11 is 2.52. The molecule has 1 saturated heterocycles. The van der Waals surface area contributed by atoms with Gasteiger partial charge in [0.05, 0.1) is 28.1 Å². The fraction of sp³-hybridized carbons (Fsp3) is 0.462. The minimum absolute atomic E-state index is 0.0513. The zero-order chi connectivity index (χ0) is 15.6. The number of ether oxygens (including phenoxy) is 1. The number of rotatable bonds is 6. The molecule has 1 N–H and O–H groups in total. The molecule has 2 aliphatic heterocycles. The van der Waals surface area contributed by atoms with Gasteiger partial charge in [0.2, 0.25) is 5.91 Å². The van der Waals surface area contributed by atoms with E-state index in [0.717, 1.165) is 0 Å². The SMILES string of the molecule is C=CCOC(=O)C1=C(SCC#N)S[C@@H]2[C@@H]([C@@H](C)O)C(=O)N12. The minimum atomic E-state index is -0.781. The molecule has 0 aromatic carbocycles. The van der Waals surface area contributed by atoms with E-state index in [1.54, 1.807) is 6.92 Å². The van der Waals surface area contributed by atoms with E-state index in [-0.39, 0.29) is 29.3 Å². The first-order valence-corrected chi connectivity index (χ1v) is 8.09. The minimum Gasteiger partial charge on any atom is -0.457 e. The zero-order valence-corrected chi connectivity index (χ0v) is 12.9. The van der Waals surface area contributed by atoms with Crippen LogP contribution < -0.4 is 0 Å². The number of aliphatic hydroxyl groups excluding tert-OH is 1. The molecule has 112 valence electrons. The van der Waals surface area contributed by atoms with Crippen LogP contribution in [0.3, 0.4) is 0 Å². The molecule has 0 spiro atoms. The largest absolute Gasteiger partial charge is 0.457 e. The third kappa shape index (κ3) is 2.81. The molecule has 2 aliphatic rings. The molecule has 6 nitrogen and oxygen atoms in total. The fourth-order valence-electron chi connectivity index (χ4n) is 2.14. The van der Waals surface area contributed by atoms with Crippen molar-refractivity contribution >= 4 is 35.4 Å². The molecule has 0 saturated carbocycles. The van der Waals surface area contributed by atoms with Crippen LogP contribution in [-0.4, -0.2) is 45.7 Å². The van der Waals surface area contributed by atoms with Gasteiger partial charge in [-0.1, -0.05) is 24.4 Å². The van der Waals surface area contributed by atoms with Crippen molar-refractivity contribution in [3.8, 4) is 6.07 Å². The van der Waals surface area contributed by atoms with E-state index in [1.807, 2.05) is 6.07 Å². The summed E-state index contributed by atoms with van der Waals surface area (Å²) in [5, 5.41) is 18.0. The van der Waals surface area contributed by atoms with E-state index < -0.39 is 18.0 Å². The lowest BCUT2D eigenvalue weighted by Crippen LogP contribution is -2.60.